The summed E-state index contributed by atoms with van der Waals surface area (Å²) in [5.74, 6) is -0.769. The van der Waals surface area contributed by atoms with E-state index in [1.165, 1.54) is 12.1 Å². The summed E-state index contributed by atoms with van der Waals surface area (Å²) in [6.07, 6.45) is 1.33. The highest BCUT2D eigenvalue weighted by Crippen LogP contribution is 2.34. The Balaban J connectivity index is 1.74. The molecule has 1 heterocycles. The number of nitriles is 1. The van der Waals surface area contributed by atoms with Crippen molar-refractivity contribution in [2.75, 3.05) is 18.0 Å². The minimum absolute atomic E-state index is 0.125. The van der Waals surface area contributed by atoms with Crippen molar-refractivity contribution in [1.82, 2.24) is 0 Å². The maximum Gasteiger partial charge on any atom is 0.437 e. The number of ether oxygens (including phenoxy) is 1. The van der Waals surface area contributed by atoms with E-state index in [4.69, 9.17) is 16.2 Å². The maximum atomic E-state index is 15.2. The predicted molar refractivity (Wildman–Crippen MR) is 113 cm³/mol. The second kappa shape index (κ2) is 9.71. The molecule has 31 heavy (non-hydrogen) atoms. The lowest BCUT2D eigenvalue weighted by molar-refractivity contribution is 0.112. The number of amides is 1. The molecule has 1 saturated heterocycles. The summed E-state index contributed by atoms with van der Waals surface area (Å²) in [5.41, 5.74) is 12.5. The molecule has 3 rings (SSSR count). The van der Waals surface area contributed by atoms with Gasteiger partial charge < -0.3 is 21.1 Å². The lowest BCUT2D eigenvalue weighted by Crippen LogP contribution is -2.34. The van der Waals surface area contributed by atoms with Gasteiger partial charge in [-0.25, -0.2) is 9.18 Å². The van der Waals surface area contributed by atoms with Crippen molar-refractivity contribution in [2.45, 2.75) is 25.4 Å². The molecule has 2 aromatic rings. The van der Waals surface area contributed by atoms with Gasteiger partial charge in [0.15, 0.2) is 11.8 Å². The van der Waals surface area contributed by atoms with E-state index in [-0.39, 0.29) is 29.3 Å². The number of nitrogens with two attached hydrogens (primary N) is 2. The third-order valence-corrected chi connectivity index (χ3v) is 5.24. The molecule has 0 unspecified atom stereocenters. The third kappa shape index (κ3) is 5.17. The zero-order valence-corrected chi connectivity index (χ0v) is 16.8. The molecule has 4 N–H and O–H groups in total. The molecule has 0 spiro atoms. The fourth-order valence-electron chi connectivity index (χ4n) is 3.68. The number of anilines is 1. The number of guanidine groups is 1. The van der Waals surface area contributed by atoms with Crippen molar-refractivity contribution in [3.63, 3.8) is 0 Å². The van der Waals surface area contributed by atoms with Gasteiger partial charge in [0.05, 0.1) is 11.3 Å². The van der Waals surface area contributed by atoms with Gasteiger partial charge >= 0.3 is 6.09 Å². The van der Waals surface area contributed by atoms with Crippen molar-refractivity contribution in [3.8, 4) is 6.07 Å². The number of carbonyl (C=O) groups excluding carboxylic acids is 2. The SMILES string of the molecule is N#Cc1ccc(COC(=O)N=C(N)N)c(F)c1N1CCC(c2ccc(C=O)cc2)CC1. The molecule has 2 aromatic carbocycles. The standard InChI is InChI=1S/C22H22FN5O3/c23-19-18(13-31-22(30)27-21(25)26)6-5-17(11-24)20(19)28-9-7-16(8-10-28)15-3-1-14(12-29)2-4-15/h1-6,12,16H,7-10,13H2,(H4,25,26,27,30). The van der Waals surface area contributed by atoms with E-state index >= 15 is 4.39 Å². The fraction of sp³-hybridized carbons (Fsp3) is 0.273. The van der Waals surface area contributed by atoms with Crippen LogP contribution in [0.25, 0.3) is 0 Å². The minimum Gasteiger partial charge on any atom is -0.443 e. The number of benzene rings is 2. The Hall–Kier alpha value is -3.93. The molecule has 0 aliphatic carbocycles. The Morgan fingerprint density at radius 2 is 1.90 bits per heavy atom. The lowest BCUT2D eigenvalue weighted by Gasteiger charge is -2.34. The second-order valence-electron chi connectivity index (χ2n) is 7.18. The molecule has 1 fully saturated rings. The van der Waals surface area contributed by atoms with Gasteiger partial charge in [0.1, 0.15) is 19.0 Å². The van der Waals surface area contributed by atoms with Gasteiger partial charge in [-0.05, 0) is 30.4 Å². The number of hydrogen-bond acceptors (Lipinski definition) is 5. The largest absolute Gasteiger partial charge is 0.443 e. The van der Waals surface area contributed by atoms with E-state index in [9.17, 15) is 14.9 Å². The summed E-state index contributed by atoms with van der Waals surface area (Å²) < 4.78 is 20.1. The molecule has 160 valence electrons. The number of rotatable bonds is 5. The second-order valence-corrected chi connectivity index (χ2v) is 7.18. The summed E-state index contributed by atoms with van der Waals surface area (Å²) in [6, 6.07) is 12.4. The third-order valence-electron chi connectivity index (χ3n) is 5.24. The quantitative estimate of drug-likeness (QED) is 0.429. The molecule has 1 amide bonds. The molecule has 0 aromatic heterocycles. The van der Waals surface area contributed by atoms with Gasteiger partial charge in [0.25, 0.3) is 0 Å². The Bertz CT molecular complexity index is 1030. The van der Waals surface area contributed by atoms with Crippen LogP contribution >= 0.6 is 0 Å². The minimum atomic E-state index is -1.02. The molecular formula is C22H22FN5O3. The summed E-state index contributed by atoms with van der Waals surface area (Å²) in [6.45, 7) is 0.756. The van der Waals surface area contributed by atoms with Crippen LogP contribution in [0, 0.1) is 17.1 Å². The molecule has 0 saturated carbocycles. The molecular weight excluding hydrogens is 401 g/mol. The topological polar surface area (TPSA) is 135 Å². The van der Waals surface area contributed by atoms with Crippen LogP contribution in [0.2, 0.25) is 0 Å². The molecule has 0 atom stereocenters. The Morgan fingerprint density at radius 1 is 1.23 bits per heavy atom. The van der Waals surface area contributed by atoms with Gasteiger partial charge in [-0.3, -0.25) is 4.79 Å². The summed E-state index contributed by atoms with van der Waals surface area (Å²) in [4.78, 5) is 27.4. The monoisotopic (exact) mass is 423 g/mol. The van der Waals surface area contributed by atoms with E-state index in [1.807, 2.05) is 23.1 Å². The summed E-state index contributed by atoms with van der Waals surface area (Å²) >= 11 is 0. The van der Waals surface area contributed by atoms with Crippen LogP contribution in [0.5, 0.6) is 0 Å². The predicted octanol–water partition coefficient (Wildman–Crippen LogP) is 2.80. The van der Waals surface area contributed by atoms with Crippen molar-refractivity contribution in [2.24, 2.45) is 16.5 Å². The average Bonchev–Trinajstić information content (AvgIpc) is 2.78. The van der Waals surface area contributed by atoms with Crippen LogP contribution < -0.4 is 16.4 Å². The van der Waals surface area contributed by atoms with Crippen molar-refractivity contribution >= 4 is 24.0 Å². The van der Waals surface area contributed by atoms with Crippen LogP contribution in [-0.4, -0.2) is 31.4 Å². The van der Waals surface area contributed by atoms with Gasteiger partial charge in [-0.2, -0.15) is 5.26 Å². The zero-order chi connectivity index (χ0) is 22.4. The van der Waals surface area contributed by atoms with Crippen LogP contribution in [0.1, 0.15) is 45.8 Å². The molecule has 1 aliphatic heterocycles. The van der Waals surface area contributed by atoms with E-state index in [0.717, 1.165) is 24.7 Å². The van der Waals surface area contributed by atoms with Crippen LogP contribution in [-0.2, 0) is 11.3 Å². The summed E-state index contributed by atoms with van der Waals surface area (Å²) in [5, 5.41) is 9.46. The van der Waals surface area contributed by atoms with Crippen LogP contribution in [0.15, 0.2) is 41.4 Å². The number of halogens is 1. The van der Waals surface area contributed by atoms with Crippen LogP contribution in [0.3, 0.4) is 0 Å². The Kier molecular flexibility index (Phi) is 6.82. The molecule has 0 bridgehead atoms. The van der Waals surface area contributed by atoms with Crippen molar-refractivity contribution < 1.29 is 18.7 Å². The van der Waals surface area contributed by atoms with Gasteiger partial charge in [-0.1, -0.05) is 30.3 Å². The first-order valence-corrected chi connectivity index (χ1v) is 9.71. The number of hydrogen-bond donors (Lipinski definition) is 2. The lowest BCUT2D eigenvalue weighted by atomic mass is 9.88. The highest BCUT2D eigenvalue weighted by Gasteiger charge is 2.26. The van der Waals surface area contributed by atoms with Gasteiger partial charge in [0, 0.05) is 24.2 Å². The first-order valence-electron chi connectivity index (χ1n) is 9.71. The highest BCUT2D eigenvalue weighted by molar-refractivity contribution is 5.87. The number of piperidine rings is 1. The first-order chi connectivity index (χ1) is 14.9. The number of nitrogens with zero attached hydrogens (tertiary/aromatic N) is 3. The van der Waals surface area contributed by atoms with Gasteiger partial charge in [0.2, 0.25) is 0 Å². The normalized spacial score (nSPS) is 13.9. The smallest absolute Gasteiger partial charge is 0.437 e. The zero-order valence-electron chi connectivity index (χ0n) is 16.8. The van der Waals surface area contributed by atoms with Crippen molar-refractivity contribution in [3.05, 3.63) is 64.5 Å². The highest BCUT2D eigenvalue weighted by atomic mass is 19.1. The van der Waals surface area contributed by atoms with Gasteiger partial charge in [-0.15, -0.1) is 4.99 Å². The average molecular weight is 423 g/mol. The van der Waals surface area contributed by atoms with Crippen LogP contribution in [0.4, 0.5) is 14.9 Å². The van der Waals surface area contributed by atoms with E-state index < -0.39 is 17.9 Å². The van der Waals surface area contributed by atoms with E-state index in [1.54, 1.807) is 12.1 Å². The van der Waals surface area contributed by atoms with E-state index in [0.29, 0.717) is 18.7 Å². The number of aliphatic imine (C=N–C) groups is 1. The molecule has 9 heteroatoms. The fourth-order valence-corrected chi connectivity index (χ4v) is 3.68. The molecule has 1 aliphatic rings. The molecule has 8 nitrogen and oxygen atoms in total. The van der Waals surface area contributed by atoms with E-state index in [2.05, 4.69) is 4.99 Å². The first kappa shape index (κ1) is 21.8. The Labute approximate surface area is 178 Å². The summed E-state index contributed by atoms with van der Waals surface area (Å²) in [7, 11) is 0. The number of carbonyl (C=O) groups is 2. The number of aldehydes is 1. The maximum absolute atomic E-state index is 15.2. The molecule has 0 radical (unpaired) electrons. The van der Waals surface area contributed by atoms with Crippen molar-refractivity contribution in [1.29, 1.82) is 5.26 Å². The Morgan fingerprint density at radius 3 is 2.48 bits per heavy atom.